The molecule has 0 aliphatic carbocycles. The maximum absolute atomic E-state index is 10.4. The van der Waals surface area contributed by atoms with Crippen LogP contribution in [-0.2, 0) is 4.79 Å². The molecule has 1 aliphatic rings. The highest BCUT2D eigenvalue weighted by Gasteiger charge is 2.27. The maximum atomic E-state index is 10.4. The Morgan fingerprint density at radius 1 is 2.00 bits per heavy atom. The molecular weight excluding hydrogens is 150 g/mol. The Balaban J connectivity index is 2.10. The Bertz CT molecular complexity index is 132. The van der Waals surface area contributed by atoms with E-state index in [9.17, 15) is 4.79 Å². The third-order valence-electron chi connectivity index (χ3n) is 1.36. The van der Waals surface area contributed by atoms with Crippen molar-refractivity contribution in [2.75, 3.05) is 0 Å². The second-order valence-corrected chi connectivity index (χ2v) is 3.64. The van der Waals surface area contributed by atoms with Gasteiger partial charge in [0.05, 0.1) is 11.8 Å². The van der Waals surface area contributed by atoms with Gasteiger partial charge >= 0.3 is 0 Å². The fourth-order valence-corrected chi connectivity index (χ4v) is 1.71. The van der Waals surface area contributed by atoms with Crippen molar-refractivity contribution in [3.63, 3.8) is 0 Å². The molecular formula is C6H11NO2S. The van der Waals surface area contributed by atoms with E-state index in [0.29, 0.717) is 6.42 Å². The predicted molar refractivity (Wildman–Crippen MR) is 40.4 cm³/mol. The molecule has 2 atom stereocenters. The minimum Gasteiger partial charge on any atom is -0.382 e. The van der Waals surface area contributed by atoms with E-state index in [2.05, 4.69) is 5.32 Å². The van der Waals surface area contributed by atoms with Gasteiger partial charge in [-0.3, -0.25) is 4.79 Å². The number of β-lactam (4-membered cyclic amide) rings is 1. The Hall–Kier alpha value is -0.220. The highest BCUT2D eigenvalue weighted by molar-refractivity contribution is 8.00. The van der Waals surface area contributed by atoms with E-state index in [0.717, 1.165) is 6.42 Å². The molecule has 2 N–H and O–H groups in total. The summed E-state index contributed by atoms with van der Waals surface area (Å²) < 4.78 is 0. The minimum absolute atomic E-state index is 0.0841. The number of carbonyl (C=O) groups excluding carboxylic acids is 1. The van der Waals surface area contributed by atoms with E-state index in [1.165, 1.54) is 11.8 Å². The van der Waals surface area contributed by atoms with Crippen LogP contribution in [0.2, 0.25) is 0 Å². The lowest BCUT2D eigenvalue weighted by Crippen LogP contribution is -2.47. The number of aliphatic hydroxyl groups is 1. The first-order valence-electron chi connectivity index (χ1n) is 3.35. The van der Waals surface area contributed by atoms with Crippen LogP contribution in [0.5, 0.6) is 0 Å². The summed E-state index contributed by atoms with van der Waals surface area (Å²) in [7, 11) is 0. The molecule has 1 fully saturated rings. The van der Waals surface area contributed by atoms with Crippen molar-refractivity contribution >= 4 is 17.7 Å². The normalized spacial score (nSPS) is 27.0. The number of hydrogen-bond donors (Lipinski definition) is 2. The van der Waals surface area contributed by atoms with E-state index in [1.807, 2.05) is 6.92 Å². The van der Waals surface area contributed by atoms with Crippen LogP contribution in [0.4, 0.5) is 0 Å². The lowest BCUT2D eigenvalue weighted by Gasteiger charge is -2.27. The van der Waals surface area contributed by atoms with Crippen LogP contribution in [0.1, 0.15) is 19.8 Å². The molecule has 10 heavy (non-hydrogen) atoms. The largest absolute Gasteiger partial charge is 0.382 e. The molecule has 3 nitrogen and oxygen atoms in total. The zero-order valence-electron chi connectivity index (χ0n) is 5.83. The number of aliphatic hydroxyl groups excluding tert-OH is 1. The van der Waals surface area contributed by atoms with Crippen molar-refractivity contribution in [3.8, 4) is 0 Å². The van der Waals surface area contributed by atoms with Crippen molar-refractivity contribution in [3.05, 3.63) is 0 Å². The highest BCUT2D eigenvalue weighted by atomic mass is 32.2. The molecule has 0 aromatic rings. The van der Waals surface area contributed by atoms with Crippen LogP contribution in [-0.4, -0.2) is 21.8 Å². The van der Waals surface area contributed by atoms with Crippen LogP contribution in [0.25, 0.3) is 0 Å². The topological polar surface area (TPSA) is 49.3 Å². The predicted octanol–water partition coefficient (Wildman–Crippen LogP) is 0.294. The Kier molecular flexibility index (Phi) is 2.56. The minimum atomic E-state index is -0.328. The summed E-state index contributed by atoms with van der Waals surface area (Å²) in [5, 5.41) is 11.9. The van der Waals surface area contributed by atoms with Crippen LogP contribution in [0.3, 0.4) is 0 Å². The van der Waals surface area contributed by atoms with Gasteiger partial charge in [0.15, 0.2) is 0 Å². The zero-order valence-corrected chi connectivity index (χ0v) is 6.65. The van der Waals surface area contributed by atoms with Gasteiger partial charge in [0, 0.05) is 0 Å². The second-order valence-electron chi connectivity index (χ2n) is 2.26. The summed E-state index contributed by atoms with van der Waals surface area (Å²) in [5.41, 5.74) is -0.328. The second kappa shape index (κ2) is 3.25. The van der Waals surface area contributed by atoms with E-state index < -0.39 is 0 Å². The van der Waals surface area contributed by atoms with Gasteiger partial charge in [0.2, 0.25) is 5.91 Å². The first kappa shape index (κ1) is 7.88. The molecule has 1 heterocycles. The SMILES string of the molecule is CCC(O)S[C@H]1CC(=O)N1. The van der Waals surface area contributed by atoms with Gasteiger partial charge in [-0.05, 0) is 6.42 Å². The number of thioether (sulfide) groups is 1. The molecule has 58 valence electrons. The molecule has 4 heteroatoms. The number of amides is 1. The molecule has 1 saturated heterocycles. The fraction of sp³-hybridized carbons (Fsp3) is 0.833. The van der Waals surface area contributed by atoms with Crippen molar-refractivity contribution in [1.82, 2.24) is 5.32 Å². The van der Waals surface area contributed by atoms with E-state index in [4.69, 9.17) is 5.11 Å². The van der Waals surface area contributed by atoms with Gasteiger partial charge in [-0.15, -0.1) is 11.8 Å². The molecule has 0 aromatic carbocycles. The molecule has 0 saturated carbocycles. The smallest absolute Gasteiger partial charge is 0.223 e. The molecule has 0 radical (unpaired) electrons. The Morgan fingerprint density at radius 3 is 3.00 bits per heavy atom. The van der Waals surface area contributed by atoms with Crippen molar-refractivity contribution in [2.24, 2.45) is 0 Å². The lowest BCUT2D eigenvalue weighted by atomic mass is 10.3. The van der Waals surface area contributed by atoms with Crippen LogP contribution >= 0.6 is 11.8 Å². The highest BCUT2D eigenvalue weighted by Crippen LogP contribution is 2.23. The maximum Gasteiger partial charge on any atom is 0.223 e. The molecule has 1 rings (SSSR count). The summed E-state index contributed by atoms with van der Waals surface area (Å²) in [6, 6.07) is 0. The third-order valence-corrected chi connectivity index (χ3v) is 2.62. The molecule has 1 amide bonds. The Morgan fingerprint density at radius 2 is 2.60 bits per heavy atom. The van der Waals surface area contributed by atoms with E-state index in [-0.39, 0.29) is 16.7 Å². The number of carbonyl (C=O) groups is 1. The average molecular weight is 161 g/mol. The molecule has 1 unspecified atom stereocenters. The number of nitrogens with one attached hydrogen (secondary N) is 1. The van der Waals surface area contributed by atoms with Gasteiger partial charge in [0.25, 0.3) is 0 Å². The molecule has 0 spiro atoms. The molecule has 0 aromatic heterocycles. The van der Waals surface area contributed by atoms with Gasteiger partial charge in [-0.1, -0.05) is 6.92 Å². The monoisotopic (exact) mass is 161 g/mol. The van der Waals surface area contributed by atoms with Gasteiger partial charge in [0.1, 0.15) is 5.44 Å². The van der Waals surface area contributed by atoms with E-state index in [1.54, 1.807) is 0 Å². The van der Waals surface area contributed by atoms with Gasteiger partial charge in [-0.25, -0.2) is 0 Å². The van der Waals surface area contributed by atoms with Crippen LogP contribution in [0, 0.1) is 0 Å². The Labute approximate surface area is 64.2 Å². The quantitative estimate of drug-likeness (QED) is 0.462. The zero-order chi connectivity index (χ0) is 7.56. The standard InChI is InChI=1S/C6H11NO2S/c1-2-6(9)10-5-3-4(8)7-5/h5-6,9H,2-3H2,1H3,(H,7,8)/t5-,6?/m0/s1. The average Bonchev–Trinajstić information content (AvgIpc) is 1.84. The van der Waals surface area contributed by atoms with E-state index >= 15 is 0 Å². The molecule has 0 bridgehead atoms. The lowest BCUT2D eigenvalue weighted by molar-refractivity contribution is -0.126. The summed E-state index contributed by atoms with van der Waals surface area (Å²) in [4.78, 5) is 10.4. The first-order chi connectivity index (χ1) is 4.72. The summed E-state index contributed by atoms with van der Waals surface area (Å²) in [6.07, 6.45) is 1.29. The fourth-order valence-electron chi connectivity index (χ4n) is 0.695. The first-order valence-corrected chi connectivity index (χ1v) is 4.29. The van der Waals surface area contributed by atoms with Gasteiger partial charge < -0.3 is 10.4 Å². The van der Waals surface area contributed by atoms with Crippen LogP contribution < -0.4 is 5.32 Å². The summed E-state index contributed by atoms with van der Waals surface area (Å²) >= 11 is 1.41. The van der Waals surface area contributed by atoms with Gasteiger partial charge in [-0.2, -0.15) is 0 Å². The number of rotatable bonds is 3. The van der Waals surface area contributed by atoms with Crippen molar-refractivity contribution < 1.29 is 9.90 Å². The molecule has 1 aliphatic heterocycles. The van der Waals surface area contributed by atoms with Crippen molar-refractivity contribution in [1.29, 1.82) is 0 Å². The summed E-state index contributed by atoms with van der Waals surface area (Å²) in [6.45, 7) is 1.91. The van der Waals surface area contributed by atoms with Crippen molar-refractivity contribution in [2.45, 2.75) is 30.6 Å². The summed E-state index contributed by atoms with van der Waals surface area (Å²) in [5.74, 6) is 0.0841. The third kappa shape index (κ3) is 1.88. The van der Waals surface area contributed by atoms with Crippen LogP contribution in [0.15, 0.2) is 0 Å². The number of hydrogen-bond acceptors (Lipinski definition) is 3.